The highest BCUT2D eigenvalue weighted by atomic mass is 35.5. The molecule has 0 aromatic carbocycles. The number of nitrogens with two attached hydrogens (primary N) is 1. The van der Waals surface area contributed by atoms with Crippen LogP contribution in [0.25, 0.3) is 0 Å². The molecule has 0 saturated heterocycles. The Morgan fingerprint density at radius 2 is 2.05 bits per heavy atom. The van der Waals surface area contributed by atoms with Crippen molar-refractivity contribution in [2.75, 3.05) is 13.1 Å². The number of carbonyl (C=O) groups excluding carboxylic acids is 1. The molecule has 1 rings (SSSR count). The van der Waals surface area contributed by atoms with Crippen LogP contribution >= 0.6 is 24.8 Å². The van der Waals surface area contributed by atoms with Crippen molar-refractivity contribution >= 4 is 30.7 Å². The average molecular weight is 316 g/mol. The number of alkyl halides is 2. The summed E-state index contributed by atoms with van der Waals surface area (Å²) in [5.74, 6) is -3.52. The van der Waals surface area contributed by atoms with E-state index in [1.807, 2.05) is 6.92 Å². The van der Waals surface area contributed by atoms with E-state index in [1.165, 1.54) is 0 Å². The molecule has 1 aromatic rings. The lowest BCUT2D eigenvalue weighted by molar-refractivity contribution is -0.122. The minimum absolute atomic E-state index is 0. The molecule has 1 amide bonds. The molecule has 0 aliphatic carbocycles. The fraction of sp³-hybridized carbons (Fsp3) is 0.455. The number of hydrogen-bond acceptors (Lipinski definition) is 3. The molecule has 3 N–H and O–H groups in total. The highest BCUT2D eigenvalue weighted by Gasteiger charge is 2.26. The summed E-state index contributed by atoms with van der Waals surface area (Å²) in [5.41, 5.74) is 6.37. The maximum absolute atomic E-state index is 12.8. The van der Waals surface area contributed by atoms with Gasteiger partial charge in [0.15, 0.2) is 0 Å². The second kappa shape index (κ2) is 9.01. The van der Waals surface area contributed by atoms with Crippen molar-refractivity contribution in [2.45, 2.75) is 19.3 Å². The molecule has 0 fully saturated rings. The Kier molecular flexibility index (Phi) is 9.64. The van der Waals surface area contributed by atoms with Crippen LogP contribution in [0.15, 0.2) is 18.3 Å². The van der Waals surface area contributed by atoms with Gasteiger partial charge in [-0.1, -0.05) is 6.07 Å². The van der Waals surface area contributed by atoms with Crippen molar-refractivity contribution in [3.05, 3.63) is 29.6 Å². The molecule has 1 heterocycles. The molecule has 0 saturated carbocycles. The Bertz CT molecular complexity index is 388. The van der Waals surface area contributed by atoms with Crippen molar-refractivity contribution in [2.24, 2.45) is 5.73 Å². The van der Waals surface area contributed by atoms with E-state index in [0.717, 1.165) is 5.69 Å². The minimum Gasteiger partial charge on any atom is -0.350 e. The number of rotatable bonds is 5. The number of aromatic nitrogens is 1. The molecular weight excluding hydrogens is 299 g/mol. The van der Waals surface area contributed by atoms with E-state index in [-0.39, 0.29) is 31.2 Å². The quantitative estimate of drug-likeness (QED) is 0.865. The molecule has 4 nitrogen and oxygen atoms in total. The maximum Gasteiger partial charge on any atom is 0.277 e. The van der Waals surface area contributed by atoms with Crippen molar-refractivity contribution in [1.29, 1.82) is 0 Å². The SMILES string of the molecule is Cc1ccc(CC(=O)NCC(F)(F)CN)cn1.Cl.Cl. The number of carbonyl (C=O) groups is 1. The summed E-state index contributed by atoms with van der Waals surface area (Å²) >= 11 is 0. The Morgan fingerprint density at radius 3 is 2.53 bits per heavy atom. The zero-order chi connectivity index (χ0) is 12.9. The van der Waals surface area contributed by atoms with Gasteiger partial charge in [-0.3, -0.25) is 9.78 Å². The monoisotopic (exact) mass is 315 g/mol. The number of amides is 1. The highest BCUT2D eigenvalue weighted by molar-refractivity contribution is 5.85. The van der Waals surface area contributed by atoms with Crippen LogP contribution in [0.2, 0.25) is 0 Å². The Labute approximate surface area is 123 Å². The first-order chi connectivity index (χ1) is 7.93. The van der Waals surface area contributed by atoms with Crippen LogP contribution in [0.1, 0.15) is 11.3 Å². The highest BCUT2D eigenvalue weighted by Crippen LogP contribution is 2.08. The largest absolute Gasteiger partial charge is 0.350 e. The predicted molar refractivity (Wildman–Crippen MR) is 74.2 cm³/mol. The van der Waals surface area contributed by atoms with Gasteiger partial charge in [0.2, 0.25) is 5.91 Å². The molecule has 110 valence electrons. The topological polar surface area (TPSA) is 68.0 Å². The third kappa shape index (κ3) is 7.92. The summed E-state index contributed by atoms with van der Waals surface area (Å²) in [6.45, 7) is 0.312. The maximum atomic E-state index is 12.8. The van der Waals surface area contributed by atoms with Gasteiger partial charge in [-0.25, -0.2) is 8.78 Å². The third-order valence-electron chi connectivity index (χ3n) is 2.18. The zero-order valence-electron chi connectivity index (χ0n) is 10.4. The molecule has 0 bridgehead atoms. The molecule has 0 aliphatic heterocycles. The Morgan fingerprint density at radius 1 is 1.42 bits per heavy atom. The van der Waals surface area contributed by atoms with Crippen molar-refractivity contribution in [3.8, 4) is 0 Å². The molecule has 0 radical (unpaired) electrons. The van der Waals surface area contributed by atoms with E-state index >= 15 is 0 Å². The fourth-order valence-electron chi connectivity index (χ4n) is 1.15. The van der Waals surface area contributed by atoms with Gasteiger partial charge in [0, 0.05) is 11.9 Å². The van der Waals surface area contributed by atoms with Crippen LogP contribution in [-0.2, 0) is 11.2 Å². The van der Waals surface area contributed by atoms with Gasteiger partial charge in [-0.05, 0) is 18.6 Å². The van der Waals surface area contributed by atoms with Gasteiger partial charge in [-0.15, -0.1) is 24.8 Å². The third-order valence-corrected chi connectivity index (χ3v) is 2.18. The molecular formula is C11H17Cl2F2N3O. The smallest absolute Gasteiger partial charge is 0.277 e. The minimum atomic E-state index is -3.05. The van der Waals surface area contributed by atoms with Crippen LogP contribution < -0.4 is 11.1 Å². The molecule has 0 aliphatic rings. The summed E-state index contributed by atoms with van der Waals surface area (Å²) in [6, 6.07) is 3.50. The number of pyridine rings is 1. The van der Waals surface area contributed by atoms with Gasteiger partial charge in [0.25, 0.3) is 5.92 Å². The number of aryl methyl sites for hydroxylation is 1. The predicted octanol–water partition coefficient (Wildman–Crippen LogP) is 1.49. The van der Waals surface area contributed by atoms with E-state index < -0.39 is 24.9 Å². The molecule has 19 heavy (non-hydrogen) atoms. The number of nitrogens with zero attached hydrogens (tertiary/aromatic N) is 1. The first-order valence-electron chi connectivity index (χ1n) is 5.19. The van der Waals surface area contributed by atoms with Gasteiger partial charge in [0.1, 0.15) is 0 Å². The van der Waals surface area contributed by atoms with Crippen LogP contribution in [-0.4, -0.2) is 29.9 Å². The standard InChI is InChI=1S/C11H15F2N3O.2ClH/c1-8-2-3-9(5-15-8)4-10(17)16-7-11(12,13)6-14;;/h2-3,5H,4,6-7,14H2,1H3,(H,16,17);2*1H. The summed E-state index contributed by atoms with van der Waals surface area (Å²) in [6.07, 6.45) is 1.59. The van der Waals surface area contributed by atoms with Crippen LogP contribution in [0.5, 0.6) is 0 Å². The summed E-state index contributed by atoms with van der Waals surface area (Å²) in [7, 11) is 0. The van der Waals surface area contributed by atoms with Gasteiger partial charge in [-0.2, -0.15) is 0 Å². The van der Waals surface area contributed by atoms with E-state index in [2.05, 4.69) is 10.3 Å². The lowest BCUT2D eigenvalue weighted by Gasteiger charge is -2.14. The molecule has 0 atom stereocenters. The van der Waals surface area contributed by atoms with Crippen molar-refractivity contribution < 1.29 is 13.6 Å². The summed E-state index contributed by atoms with van der Waals surface area (Å²) < 4.78 is 25.5. The van der Waals surface area contributed by atoms with E-state index in [1.54, 1.807) is 18.3 Å². The summed E-state index contributed by atoms with van der Waals surface area (Å²) in [4.78, 5) is 15.4. The average Bonchev–Trinajstić information content (AvgIpc) is 2.30. The van der Waals surface area contributed by atoms with Crippen molar-refractivity contribution in [1.82, 2.24) is 10.3 Å². The lowest BCUT2D eigenvalue weighted by Crippen LogP contribution is -2.42. The second-order valence-corrected chi connectivity index (χ2v) is 3.82. The molecule has 8 heteroatoms. The van der Waals surface area contributed by atoms with Crippen LogP contribution in [0, 0.1) is 6.92 Å². The summed E-state index contributed by atoms with van der Waals surface area (Å²) in [5, 5.41) is 2.14. The Balaban J connectivity index is 0. The fourth-order valence-corrected chi connectivity index (χ4v) is 1.15. The second-order valence-electron chi connectivity index (χ2n) is 3.82. The first kappa shape index (κ1) is 20.3. The molecule has 0 unspecified atom stereocenters. The van der Waals surface area contributed by atoms with Crippen molar-refractivity contribution in [3.63, 3.8) is 0 Å². The van der Waals surface area contributed by atoms with Gasteiger partial charge < -0.3 is 11.1 Å². The van der Waals surface area contributed by atoms with Gasteiger partial charge in [0.05, 0.1) is 19.5 Å². The number of nitrogens with one attached hydrogen (secondary N) is 1. The lowest BCUT2D eigenvalue weighted by atomic mass is 10.2. The normalized spacial score (nSPS) is 10.1. The zero-order valence-corrected chi connectivity index (χ0v) is 12.0. The van der Waals surface area contributed by atoms with Crippen LogP contribution in [0.4, 0.5) is 8.78 Å². The van der Waals surface area contributed by atoms with E-state index in [0.29, 0.717) is 5.56 Å². The number of hydrogen-bond donors (Lipinski definition) is 2. The Hall–Kier alpha value is -0.980. The first-order valence-corrected chi connectivity index (χ1v) is 5.19. The van der Waals surface area contributed by atoms with Crippen LogP contribution in [0.3, 0.4) is 0 Å². The van der Waals surface area contributed by atoms with E-state index in [9.17, 15) is 13.6 Å². The number of halogens is 4. The van der Waals surface area contributed by atoms with E-state index in [4.69, 9.17) is 5.73 Å². The van der Waals surface area contributed by atoms with Gasteiger partial charge >= 0.3 is 0 Å². The molecule has 1 aromatic heterocycles. The molecule has 0 spiro atoms.